The van der Waals surface area contributed by atoms with Gasteiger partial charge in [0.2, 0.25) is 0 Å². The normalized spacial score (nSPS) is 9.93. The Morgan fingerprint density at radius 1 is 1.57 bits per heavy atom. The largest absolute Gasteiger partial charge is 0.468 e. The lowest BCUT2D eigenvalue weighted by molar-refractivity contribution is 0.0594. The lowest BCUT2D eigenvalue weighted by atomic mass is 10.2. The fourth-order valence-corrected chi connectivity index (χ4v) is 1.06. The topological polar surface area (TPSA) is 68.9 Å². The molecule has 0 aliphatic carbocycles. The van der Waals surface area contributed by atoms with Gasteiger partial charge < -0.3 is 19.0 Å². The second-order valence-corrected chi connectivity index (χ2v) is 2.58. The minimum atomic E-state index is -0.519. The predicted molar refractivity (Wildman–Crippen MR) is 47.4 cm³/mol. The number of hydrogen-bond donors (Lipinski definition) is 1. The van der Waals surface area contributed by atoms with Crippen molar-refractivity contribution in [2.45, 2.75) is 6.42 Å². The van der Waals surface area contributed by atoms with Crippen LogP contribution in [-0.2, 0) is 11.2 Å². The minimum absolute atomic E-state index is 0.0444. The molecule has 0 aromatic carbocycles. The molecule has 5 nitrogen and oxygen atoms in total. The van der Waals surface area contributed by atoms with E-state index in [0.717, 1.165) is 0 Å². The molecule has 0 amide bonds. The number of esters is 1. The van der Waals surface area contributed by atoms with Gasteiger partial charge in [-0.25, -0.2) is 4.79 Å². The van der Waals surface area contributed by atoms with Crippen molar-refractivity contribution >= 4 is 5.97 Å². The van der Waals surface area contributed by atoms with Gasteiger partial charge in [-0.2, -0.15) is 0 Å². The molecule has 1 N–H and O–H groups in total. The maximum absolute atomic E-state index is 11.2. The molecule has 0 spiro atoms. The summed E-state index contributed by atoms with van der Waals surface area (Å²) in [6, 6.07) is 1.50. The number of aliphatic hydroxyl groups is 1. The zero-order valence-electron chi connectivity index (χ0n) is 8.07. The molecule has 0 atom stereocenters. The van der Waals surface area contributed by atoms with Gasteiger partial charge in [0.05, 0.1) is 20.8 Å². The zero-order chi connectivity index (χ0) is 10.6. The van der Waals surface area contributed by atoms with Crippen LogP contribution < -0.4 is 4.74 Å². The van der Waals surface area contributed by atoms with Crippen molar-refractivity contribution in [3.05, 3.63) is 17.4 Å². The van der Waals surface area contributed by atoms with Crippen LogP contribution in [0.3, 0.4) is 0 Å². The zero-order valence-corrected chi connectivity index (χ0v) is 8.07. The molecule has 1 heterocycles. The maximum Gasteiger partial charge on any atom is 0.345 e. The van der Waals surface area contributed by atoms with E-state index in [0.29, 0.717) is 12.2 Å². The summed E-state index contributed by atoms with van der Waals surface area (Å²) in [6.07, 6.45) is 0.341. The van der Waals surface area contributed by atoms with Gasteiger partial charge in [-0.15, -0.1) is 0 Å². The fraction of sp³-hybridized carbons (Fsp3) is 0.444. The molecule has 0 radical (unpaired) electrons. The van der Waals surface area contributed by atoms with Crippen molar-refractivity contribution in [2.75, 3.05) is 20.8 Å². The molecule has 0 saturated carbocycles. The van der Waals surface area contributed by atoms with Crippen LogP contribution in [0.15, 0.2) is 10.5 Å². The molecular weight excluding hydrogens is 188 g/mol. The first-order valence-corrected chi connectivity index (χ1v) is 4.08. The molecule has 14 heavy (non-hydrogen) atoms. The second kappa shape index (κ2) is 4.66. The molecule has 1 aromatic heterocycles. The van der Waals surface area contributed by atoms with Crippen LogP contribution in [0.4, 0.5) is 0 Å². The Bertz CT molecular complexity index is 315. The molecule has 0 aliphatic rings. The van der Waals surface area contributed by atoms with Crippen molar-refractivity contribution in [2.24, 2.45) is 0 Å². The smallest absolute Gasteiger partial charge is 0.345 e. The predicted octanol–water partition coefficient (Wildman–Crippen LogP) is 0.610. The SMILES string of the molecule is COC(=O)c1cc(CCO)oc1OC. The molecule has 0 aliphatic heterocycles. The first kappa shape index (κ1) is 10.6. The second-order valence-electron chi connectivity index (χ2n) is 2.58. The fourth-order valence-electron chi connectivity index (χ4n) is 1.06. The number of methoxy groups -OCH3 is 2. The Hall–Kier alpha value is -1.49. The summed E-state index contributed by atoms with van der Waals surface area (Å²) in [4.78, 5) is 11.2. The van der Waals surface area contributed by atoms with Gasteiger partial charge in [-0.3, -0.25) is 0 Å². The third kappa shape index (κ3) is 2.05. The van der Waals surface area contributed by atoms with E-state index in [1.165, 1.54) is 20.3 Å². The Morgan fingerprint density at radius 3 is 2.79 bits per heavy atom. The van der Waals surface area contributed by atoms with Crippen LogP contribution in [0.25, 0.3) is 0 Å². The van der Waals surface area contributed by atoms with Gasteiger partial charge in [-0.1, -0.05) is 0 Å². The Balaban J connectivity index is 2.96. The molecule has 1 aromatic rings. The standard InChI is InChI=1S/C9H12O5/c1-12-8(11)7-5-6(3-4-10)14-9(7)13-2/h5,10H,3-4H2,1-2H3. The van der Waals surface area contributed by atoms with E-state index < -0.39 is 5.97 Å². The molecule has 0 fully saturated rings. The summed E-state index contributed by atoms with van der Waals surface area (Å²) in [6.45, 7) is -0.0444. The van der Waals surface area contributed by atoms with Gasteiger partial charge in [0.25, 0.3) is 5.95 Å². The van der Waals surface area contributed by atoms with Crippen molar-refractivity contribution in [1.29, 1.82) is 0 Å². The highest BCUT2D eigenvalue weighted by Crippen LogP contribution is 2.24. The third-order valence-corrected chi connectivity index (χ3v) is 1.70. The summed E-state index contributed by atoms with van der Waals surface area (Å²) in [5, 5.41) is 8.67. The van der Waals surface area contributed by atoms with Crippen LogP contribution in [0, 0.1) is 0 Å². The van der Waals surface area contributed by atoms with Crippen LogP contribution in [0.2, 0.25) is 0 Å². The maximum atomic E-state index is 11.2. The molecule has 78 valence electrons. The third-order valence-electron chi connectivity index (χ3n) is 1.70. The van der Waals surface area contributed by atoms with Gasteiger partial charge in [0.1, 0.15) is 11.3 Å². The summed E-state index contributed by atoms with van der Waals surface area (Å²) in [5.74, 6) is 0.0832. The van der Waals surface area contributed by atoms with Gasteiger partial charge in [-0.05, 0) is 6.07 Å². The lowest BCUT2D eigenvalue weighted by Crippen LogP contribution is -2.01. The Morgan fingerprint density at radius 2 is 2.29 bits per heavy atom. The quantitative estimate of drug-likeness (QED) is 0.721. The van der Waals surface area contributed by atoms with Gasteiger partial charge >= 0.3 is 5.97 Å². The average Bonchev–Trinajstić information content (AvgIpc) is 2.60. The van der Waals surface area contributed by atoms with E-state index in [2.05, 4.69) is 4.74 Å². The Kier molecular flexibility index (Phi) is 3.53. The summed E-state index contributed by atoms with van der Waals surface area (Å²) < 4.78 is 14.5. The summed E-state index contributed by atoms with van der Waals surface area (Å²) >= 11 is 0. The van der Waals surface area contributed by atoms with E-state index in [4.69, 9.17) is 14.3 Å². The number of carbonyl (C=O) groups excluding carboxylic acids is 1. The highest BCUT2D eigenvalue weighted by atomic mass is 16.6. The van der Waals surface area contributed by atoms with Crippen molar-refractivity contribution in [3.63, 3.8) is 0 Å². The molecule has 0 saturated heterocycles. The number of carbonyl (C=O) groups is 1. The molecular formula is C9H12O5. The molecule has 0 bridgehead atoms. The average molecular weight is 200 g/mol. The first-order valence-electron chi connectivity index (χ1n) is 4.08. The van der Waals surface area contributed by atoms with Crippen LogP contribution in [-0.4, -0.2) is 31.9 Å². The number of furan rings is 1. The van der Waals surface area contributed by atoms with Crippen molar-refractivity contribution < 1.29 is 23.8 Å². The molecule has 0 unspecified atom stereocenters. The monoisotopic (exact) mass is 200 g/mol. The number of ether oxygens (including phenoxy) is 2. The lowest BCUT2D eigenvalue weighted by Gasteiger charge is -1.97. The number of rotatable bonds is 4. The first-order chi connectivity index (χ1) is 6.72. The van der Waals surface area contributed by atoms with E-state index >= 15 is 0 Å². The van der Waals surface area contributed by atoms with Gasteiger partial charge in [0.15, 0.2) is 0 Å². The van der Waals surface area contributed by atoms with Crippen LogP contribution in [0.5, 0.6) is 5.95 Å². The van der Waals surface area contributed by atoms with E-state index in [9.17, 15) is 4.79 Å². The van der Waals surface area contributed by atoms with Crippen molar-refractivity contribution in [1.82, 2.24) is 0 Å². The highest BCUT2D eigenvalue weighted by Gasteiger charge is 2.18. The van der Waals surface area contributed by atoms with Crippen molar-refractivity contribution in [3.8, 4) is 5.95 Å². The molecule has 5 heteroatoms. The van der Waals surface area contributed by atoms with E-state index in [-0.39, 0.29) is 18.1 Å². The molecule has 1 rings (SSSR count). The number of aliphatic hydroxyl groups excluding tert-OH is 1. The van der Waals surface area contributed by atoms with Gasteiger partial charge in [0, 0.05) is 6.42 Å². The van der Waals surface area contributed by atoms with Crippen LogP contribution >= 0.6 is 0 Å². The Labute approximate surface area is 81.2 Å². The highest BCUT2D eigenvalue weighted by molar-refractivity contribution is 5.91. The van der Waals surface area contributed by atoms with Crippen LogP contribution in [0.1, 0.15) is 16.1 Å². The summed E-state index contributed by atoms with van der Waals surface area (Å²) in [7, 11) is 2.68. The van der Waals surface area contributed by atoms with E-state index in [1.807, 2.05) is 0 Å². The minimum Gasteiger partial charge on any atom is -0.468 e. The van der Waals surface area contributed by atoms with E-state index in [1.54, 1.807) is 0 Å². The number of hydrogen-bond acceptors (Lipinski definition) is 5. The summed E-state index contributed by atoms with van der Waals surface area (Å²) in [5.41, 5.74) is 0.235.